The van der Waals surface area contributed by atoms with Gasteiger partial charge in [-0.25, -0.2) is 0 Å². The molecule has 4 aliphatic rings. The Balaban J connectivity index is 1.08. The van der Waals surface area contributed by atoms with Crippen LogP contribution in [0.4, 0.5) is 17.1 Å². The van der Waals surface area contributed by atoms with Crippen LogP contribution < -0.4 is 21.3 Å². The molecule has 4 heterocycles. The first kappa shape index (κ1) is 43.6. The van der Waals surface area contributed by atoms with E-state index in [1.54, 1.807) is 0 Å². The molecule has 0 atom stereocenters. The average Bonchev–Trinajstić information content (AvgIpc) is 4.15. The molecule has 0 unspecified atom stereocenters. The third-order valence-corrected chi connectivity index (χ3v) is 18.6. The largest absolute Gasteiger partial charge is 0.311 e. The van der Waals surface area contributed by atoms with Crippen LogP contribution in [0.1, 0.15) is 77.6 Å². The molecule has 77 heavy (non-hydrogen) atoms. The van der Waals surface area contributed by atoms with Crippen LogP contribution in [0.2, 0.25) is 0 Å². The molecule has 3 nitrogen and oxygen atoms in total. The molecule has 4 heteroatoms. The van der Waals surface area contributed by atoms with Crippen molar-refractivity contribution < 1.29 is 0 Å². The van der Waals surface area contributed by atoms with Crippen LogP contribution in [-0.2, 0) is 16.2 Å². The first-order valence-electron chi connectivity index (χ1n) is 27.7. The summed E-state index contributed by atoms with van der Waals surface area (Å²) >= 11 is 0. The molecule has 0 N–H and O–H groups in total. The van der Waals surface area contributed by atoms with Gasteiger partial charge in [-0.2, -0.15) is 0 Å². The second kappa shape index (κ2) is 14.5. The number of nitrogens with zero attached hydrogens (tertiary/aromatic N) is 3. The first-order chi connectivity index (χ1) is 37.2. The predicted octanol–water partition coefficient (Wildman–Crippen LogP) is 17.3. The molecular weight excluding hydrogens is 930 g/mol. The fraction of sp³-hybridized carbons (Fsp3) is 0.151. The Bertz CT molecular complexity index is 4850. The van der Waals surface area contributed by atoms with E-state index in [0.717, 1.165) is 11.4 Å². The number of rotatable bonds is 2. The standard InChI is InChI=1S/C73H56BN3/c1-71(2,3)44-28-31-46(32-29-44)75-58-34-30-45(72(4,5)6)37-56(58)74-57-40-53-50-22-13-14-25-55(50)73(7,8)68(53)66-54-35-42-17-9-10-18-43(42)36-61(54)77(70(57)66)63-39-47(38-62(75)69(63)74)76-59-26-16-24-52-49-21-12-11-20-48(49)51-23-15-19-41-27-33-60(76)67(64(41)51)65(52)59/h9-40H,1-8H3. The lowest BCUT2D eigenvalue weighted by Crippen LogP contribution is -2.60. The van der Waals surface area contributed by atoms with Gasteiger partial charge < -0.3 is 14.0 Å². The molecule has 13 aromatic rings. The topological polar surface area (TPSA) is 13.1 Å². The fourth-order valence-electron chi connectivity index (χ4n) is 15.1. The molecule has 0 spiro atoms. The lowest BCUT2D eigenvalue weighted by molar-refractivity contribution is 0.590. The monoisotopic (exact) mass is 985 g/mol. The van der Waals surface area contributed by atoms with Crippen LogP contribution in [0.3, 0.4) is 0 Å². The van der Waals surface area contributed by atoms with Gasteiger partial charge in [0.2, 0.25) is 0 Å². The average molecular weight is 986 g/mol. The number of fused-ring (bicyclic) bond motifs is 15. The van der Waals surface area contributed by atoms with E-state index < -0.39 is 0 Å². The highest BCUT2D eigenvalue weighted by atomic mass is 15.2. The van der Waals surface area contributed by atoms with Gasteiger partial charge in [0, 0.05) is 55.2 Å². The highest BCUT2D eigenvalue weighted by Gasteiger charge is 2.47. The Morgan fingerprint density at radius 2 is 1.01 bits per heavy atom. The quantitative estimate of drug-likeness (QED) is 0.157. The van der Waals surface area contributed by atoms with Crippen LogP contribution in [0.15, 0.2) is 194 Å². The number of hydrogen-bond acceptors (Lipinski definition) is 1. The maximum Gasteiger partial charge on any atom is 0.252 e. The Kier molecular flexibility index (Phi) is 8.19. The molecule has 0 bridgehead atoms. The van der Waals surface area contributed by atoms with Crippen LogP contribution >= 0.6 is 0 Å². The highest BCUT2D eigenvalue weighted by Crippen LogP contribution is 2.56. The van der Waals surface area contributed by atoms with E-state index in [1.165, 1.54) is 154 Å². The molecular formula is C73H56BN3. The Labute approximate surface area is 449 Å². The highest BCUT2D eigenvalue weighted by molar-refractivity contribution is 7.00. The van der Waals surface area contributed by atoms with Crippen LogP contribution in [0.25, 0.3) is 110 Å². The fourth-order valence-corrected chi connectivity index (χ4v) is 15.1. The third-order valence-electron chi connectivity index (χ3n) is 18.6. The Morgan fingerprint density at radius 3 is 1.77 bits per heavy atom. The molecule has 0 radical (unpaired) electrons. The zero-order valence-electron chi connectivity index (χ0n) is 44.9. The van der Waals surface area contributed by atoms with Crippen molar-refractivity contribution in [3.05, 3.63) is 216 Å². The molecule has 0 saturated heterocycles. The predicted molar refractivity (Wildman–Crippen MR) is 329 cm³/mol. The smallest absolute Gasteiger partial charge is 0.252 e. The number of aromatic nitrogens is 2. The number of benzene rings is 11. The lowest BCUT2D eigenvalue weighted by atomic mass is 9.33. The molecule has 0 fully saturated rings. The van der Waals surface area contributed by atoms with E-state index >= 15 is 0 Å². The molecule has 2 aromatic heterocycles. The summed E-state index contributed by atoms with van der Waals surface area (Å²) in [6.45, 7) is 18.9. The van der Waals surface area contributed by atoms with Crippen molar-refractivity contribution >= 4 is 105 Å². The summed E-state index contributed by atoms with van der Waals surface area (Å²) in [6, 6.07) is 75.6. The third kappa shape index (κ3) is 5.53. The van der Waals surface area contributed by atoms with E-state index in [9.17, 15) is 0 Å². The van der Waals surface area contributed by atoms with Gasteiger partial charge in [-0.3, -0.25) is 0 Å². The normalized spacial score (nSPS) is 14.5. The van der Waals surface area contributed by atoms with E-state index in [0.29, 0.717) is 0 Å². The Hall–Kier alpha value is -8.60. The molecule has 0 amide bonds. The molecule has 2 aliphatic heterocycles. The van der Waals surface area contributed by atoms with Gasteiger partial charge in [0.25, 0.3) is 6.71 Å². The van der Waals surface area contributed by atoms with Crippen LogP contribution in [0, 0.1) is 0 Å². The molecule has 11 aromatic carbocycles. The van der Waals surface area contributed by atoms with Gasteiger partial charge in [-0.15, -0.1) is 0 Å². The first-order valence-corrected chi connectivity index (χ1v) is 27.7. The maximum atomic E-state index is 2.72. The number of anilines is 3. The van der Waals surface area contributed by atoms with E-state index in [2.05, 4.69) is 264 Å². The zero-order chi connectivity index (χ0) is 51.8. The van der Waals surface area contributed by atoms with Crippen molar-refractivity contribution in [2.75, 3.05) is 4.90 Å². The SMILES string of the molecule is CC(C)(C)c1ccc(N2c3ccc(C(C)(C)C)cc3B3c4c2cc(-n2c5cccc6c5c5c7c(cccc7ccc52)-c2ccccc2-6)cc4-n2c4cc5ccccc5cc4c4c5c(cc3c42)-c2ccccc2C5(C)C)cc1. The molecule has 17 rings (SSSR count). The van der Waals surface area contributed by atoms with Crippen molar-refractivity contribution in [1.29, 1.82) is 0 Å². The van der Waals surface area contributed by atoms with Crippen LogP contribution in [0.5, 0.6) is 0 Å². The summed E-state index contributed by atoms with van der Waals surface area (Å²) in [6.07, 6.45) is 0. The minimum atomic E-state index is -0.228. The van der Waals surface area contributed by atoms with Gasteiger partial charge in [0.05, 0.1) is 22.2 Å². The summed E-state index contributed by atoms with van der Waals surface area (Å²) in [5, 5.41) is 10.4. The van der Waals surface area contributed by atoms with Crippen molar-refractivity contribution in [2.24, 2.45) is 0 Å². The second-order valence-corrected chi connectivity index (χ2v) is 25.3. The van der Waals surface area contributed by atoms with E-state index in [4.69, 9.17) is 0 Å². The summed E-state index contributed by atoms with van der Waals surface area (Å²) in [5.41, 5.74) is 28.2. The van der Waals surface area contributed by atoms with Crippen molar-refractivity contribution in [3.8, 4) is 44.8 Å². The van der Waals surface area contributed by atoms with Crippen molar-refractivity contribution in [1.82, 2.24) is 9.13 Å². The summed E-state index contributed by atoms with van der Waals surface area (Å²) in [5.74, 6) is 0. The van der Waals surface area contributed by atoms with E-state index in [1.807, 2.05) is 0 Å². The lowest BCUT2D eigenvalue weighted by Gasteiger charge is -2.41. The summed E-state index contributed by atoms with van der Waals surface area (Å²) < 4.78 is 5.33. The van der Waals surface area contributed by atoms with Crippen molar-refractivity contribution in [2.45, 2.75) is 71.6 Å². The second-order valence-electron chi connectivity index (χ2n) is 25.3. The number of hydrogen-bond donors (Lipinski definition) is 0. The molecule has 0 saturated carbocycles. The van der Waals surface area contributed by atoms with Crippen LogP contribution in [-0.4, -0.2) is 15.8 Å². The molecule has 2 aliphatic carbocycles. The van der Waals surface area contributed by atoms with Gasteiger partial charge >= 0.3 is 0 Å². The zero-order valence-corrected chi connectivity index (χ0v) is 44.9. The minimum absolute atomic E-state index is 0.00875. The maximum absolute atomic E-state index is 2.72. The summed E-state index contributed by atoms with van der Waals surface area (Å²) in [7, 11) is 0. The van der Waals surface area contributed by atoms with Crippen molar-refractivity contribution in [3.63, 3.8) is 0 Å². The minimum Gasteiger partial charge on any atom is -0.311 e. The molecule has 366 valence electrons. The van der Waals surface area contributed by atoms with Gasteiger partial charge in [0.15, 0.2) is 0 Å². The summed E-state index contributed by atoms with van der Waals surface area (Å²) in [4.78, 5) is 2.62. The van der Waals surface area contributed by atoms with E-state index in [-0.39, 0.29) is 23.0 Å². The van der Waals surface area contributed by atoms with Gasteiger partial charge in [-0.05, 0) is 159 Å². The van der Waals surface area contributed by atoms with Gasteiger partial charge in [0.1, 0.15) is 0 Å². The Morgan fingerprint density at radius 1 is 0.390 bits per heavy atom. The van der Waals surface area contributed by atoms with Gasteiger partial charge in [-0.1, -0.05) is 195 Å².